The van der Waals surface area contributed by atoms with Crippen molar-refractivity contribution >= 4 is 38.1 Å². The van der Waals surface area contributed by atoms with Crippen LogP contribution < -0.4 is 10.0 Å². The summed E-state index contributed by atoms with van der Waals surface area (Å²) in [4.78, 5) is 13.1. The van der Waals surface area contributed by atoms with Crippen LogP contribution in [0.1, 0.15) is 5.56 Å². The second-order valence-corrected chi connectivity index (χ2v) is 9.45. The largest absolute Gasteiger partial charge is 0.324 e. The van der Waals surface area contributed by atoms with Crippen molar-refractivity contribution in [1.82, 2.24) is 15.0 Å². The fraction of sp³-hybridized carbons (Fsp3) is 0.0385. The Hall–Kier alpha value is -4.30. The van der Waals surface area contributed by atoms with Gasteiger partial charge in [-0.1, -0.05) is 36.4 Å². The Balaban J connectivity index is 1.40. The van der Waals surface area contributed by atoms with Gasteiger partial charge in [-0.25, -0.2) is 18.4 Å². The third-order valence-electron chi connectivity index (χ3n) is 5.40. The highest BCUT2D eigenvalue weighted by atomic mass is 32.2. The summed E-state index contributed by atoms with van der Waals surface area (Å²) in [6.45, 7) is 1.93. The van der Waals surface area contributed by atoms with Gasteiger partial charge in [-0.3, -0.25) is 9.71 Å². The molecular formula is C26H21N5O2S. The van der Waals surface area contributed by atoms with E-state index in [0.29, 0.717) is 17.3 Å². The zero-order chi connectivity index (χ0) is 23.5. The van der Waals surface area contributed by atoms with Crippen molar-refractivity contribution in [1.29, 1.82) is 0 Å². The summed E-state index contributed by atoms with van der Waals surface area (Å²) >= 11 is 0. The molecule has 0 aliphatic heterocycles. The van der Waals surface area contributed by atoms with Crippen molar-refractivity contribution in [2.24, 2.45) is 0 Å². The van der Waals surface area contributed by atoms with Crippen molar-refractivity contribution in [3.8, 4) is 11.3 Å². The van der Waals surface area contributed by atoms with Crippen LogP contribution in [0.3, 0.4) is 0 Å². The van der Waals surface area contributed by atoms with Crippen molar-refractivity contribution in [2.45, 2.75) is 11.8 Å². The van der Waals surface area contributed by atoms with Crippen LogP contribution in [-0.2, 0) is 10.0 Å². The SMILES string of the molecule is Cc1ccc(NS(=O)(=O)c2ccc3ccccc3c2)cc1Nc1nccc(-c2ccncc2)n1. The average molecular weight is 468 g/mol. The van der Waals surface area contributed by atoms with E-state index in [2.05, 4.69) is 25.0 Å². The van der Waals surface area contributed by atoms with Gasteiger partial charge < -0.3 is 5.32 Å². The minimum Gasteiger partial charge on any atom is -0.324 e. The Morgan fingerprint density at radius 2 is 1.59 bits per heavy atom. The van der Waals surface area contributed by atoms with E-state index in [1.807, 2.05) is 55.5 Å². The van der Waals surface area contributed by atoms with Crippen LogP contribution in [0.2, 0.25) is 0 Å². The third kappa shape index (κ3) is 4.57. The highest BCUT2D eigenvalue weighted by Gasteiger charge is 2.16. The minimum atomic E-state index is -3.76. The van der Waals surface area contributed by atoms with Crippen LogP contribution in [0.4, 0.5) is 17.3 Å². The molecular weight excluding hydrogens is 446 g/mol. The number of pyridine rings is 1. The maximum absolute atomic E-state index is 13.0. The molecule has 2 heterocycles. The number of anilines is 3. The lowest BCUT2D eigenvalue weighted by Gasteiger charge is -2.13. The first-order chi connectivity index (χ1) is 16.5. The molecule has 2 N–H and O–H groups in total. The van der Waals surface area contributed by atoms with Crippen LogP contribution in [0.5, 0.6) is 0 Å². The number of hydrogen-bond acceptors (Lipinski definition) is 6. The van der Waals surface area contributed by atoms with E-state index in [4.69, 9.17) is 0 Å². The quantitative estimate of drug-likeness (QED) is 0.340. The molecule has 0 unspecified atom stereocenters. The molecule has 0 bridgehead atoms. The summed E-state index contributed by atoms with van der Waals surface area (Å²) in [7, 11) is -3.76. The molecule has 0 radical (unpaired) electrons. The lowest BCUT2D eigenvalue weighted by molar-refractivity contribution is 0.601. The fourth-order valence-corrected chi connectivity index (χ4v) is 4.68. The molecule has 0 atom stereocenters. The minimum absolute atomic E-state index is 0.203. The zero-order valence-corrected chi connectivity index (χ0v) is 19.1. The molecule has 0 fully saturated rings. The maximum atomic E-state index is 13.0. The van der Waals surface area contributed by atoms with Gasteiger partial charge in [0.2, 0.25) is 5.95 Å². The molecule has 8 heteroatoms. The smallest absolute Gasteiger partial charge is 0.261 e. The Morgan fingerprint density at radius 3 is 2.41 bits per heavy atom. The van der Waals surface area contributed by atoms with Crippen molar-refractivity contribution < 1.29 is 8.42 Å². The van der Waals surface area contributed by atoms with E-state index in [9.17, 15) is 8.42 Å². The fourth-order valence-electron chi connectivity index (χ4n) is 3.59. The predicted octanol–water partition coefficient (Wildman–Crippen LogP) is 5.54. The molecule has 2 aromatic heterocycles. The summed E-state index contributed by atoms with van der Waals surface area (Å²) in [5.41, 5.74) is 3.74. The van der Waals surface area contributed by atoms with Gasteiger partial charge in [-0.15, -0.1) is 0 Å². The monoisotopic (exact) mass is 467 g/mol. The van der Waals surface area contributed by atoms with E-state index in [1.54, 1.807) is 48.9 Å². The van der Waals surface area contributed by atoms with Gasteiger partial charge in [-0.2, -0.15) is 0 Å². The number of sulfonamides is 1. The topological polar surface area (TPSA) is 96.9 Å². The number of rotatable bonds is 6. The number of fused-ring (bicyclic) bond motifs is 1. The number of aryl methyl sites for hydroxylation is 1. The lowest BCUT2D eigenvalue weighted by atomic mass is 10.1. The van der Waals surface area contributed by atoms with Crippen LogP contribution in [0.25, 0.3) is 22.0 Å². The molecule has 34 heavy (non-hydrogen) atoms. The lowest BCUT2D eigenvalue weighted by Crippen LogP contribution is -2.13. The van der Waals surface area contributed by atoms with Crippen LogP contribution >= 0.6 is 0 Å². The summed E-state index contributed by atoms with van der Waals surface area (Å²) < 4.78 is 28.8. The number of aromatic nitrogens is 3. The normalized spacial score (nSPS) is 11.3. The number of nitrogens with one attached hydrogen (secondary N) is 2. The van der Waals surface area contributed by atoms with Crippen LogP contribution in [0.15, 0.2) is 102 Å². The van der Waals surface area contributed by atoms with E-state index in [-0.39, 0.29) is 4.90 Å². The molecule has 0 spiro atoms. The van der Waals surface area contributed by atoms with Gasteiger partial charge in [-0.05, 0) is 65.7 Å². The Morgan fingerprint density at radius 1 is 0.794 bits per heavy atom. The number of hydrogen-bond donors (Lipinski definition) is 2. The van der Waals surface area contributed by atoms with Gasteiger partial charge in [0, 0.05) is 29.8 Å². The first kappa shape index (κ1) is 21.5. The Bertz CT molecular complexity index is 1590. The summed E-state index contributed by atoms with van der Waals surface area (Å²) in [6, 6.07) is 23.6. The first-order valence-corrected chi connectivity index (χ1v) is 12.1. The summed E-state index contributed by atoms with van der Waals surface area (Å²) in [6.07, 6.45) is 5.09. The van der Waals surface area contributed by atoms with Crippen molar-refractivity contribution in [3.63, 3.8) is 0 Å². The summed E-state index contributed by atoms with van der Waals surface area (Å²) in [5, 5.41) is 5.05. The van der Waals surface area contributed by atoms with Gasteiger partial charge in [0.05, 0.1) is 16.3 Å². The zero-order valence-electron chi connectivity index (χ0n) is 18.3. The van der Waals surface area contributed by atoms with Gasteiger partial charge in [0.25, 0.3) is 10.0 Å². The highest BCUT2D eigenvalue weighted by molar-refractivity contribution is 7.92. The molecule has 0 aliphatic carbocycles. The van der Waals surface area contributed by atoms with Gasteiger partial charge in [0.15, 0.2) is 0 Å². The molecule has 0 amide bonds. The molecule has 7 nitrogen and oxygen atoms in total. The standard InChI is InChI=1S/C26H21N5O2S/c1-18-6-8-22(31-34(32,33)23-9-7-19-4-2-3-5-21(19)16-23)17-25(18)30-26-28-15-12-24(29-26)20-10-13-27-14-11-20/h2-17,31H,1H3,(H,28,29,30). The van der Waals surface area contributed by atoms with E-state index in [1.165, 1.54) is 0 Å². The van der Waals surface area contributed by atoms with Crippen molar-refractivity contribution in [3.05, 3.63) is 103 Å². The van der Waals surface area contributed by atoms with Crippen LogP contribution in [0, 0.1) is 6.92 Å². The van der Waals surface area contributed by atoms with Gasteiger partial charge in [0.1, 0.15) is 0 Å². The van der Waals surface area contributed by atoms with E-state index < -0.39 is 10.0 Å². The van der Waals surface area contributed by atoms with E-state index >= 15 is 0 Å². The summed E-state index contributed by atoms with van der Waals surface area (Å²) in [5.74, 6) is 0.409. The molecule has 5 rings (SSSR count). The molecule has 5 aromatic rings. The third-order valence-corrected chi connectivity index (χ3v) is 6.78. The second-order valence-electron chi connectivity index (χ2n) is 7.77. The molecule has 0 saturated carbocycles. The van der Waals surface area contributed by atoms with Gasteiger partial charge >= 0.3 is 0 Å². The Kier molecular flexibility index (Phi) is 5.65. The van der Waals surface area contributed by atoms with Crippen LogP contribution in [-0.4, -0.2) is 23.4 Å². The average Bonchev–Trinajstić information content (AvgIpc) is 2.86. The number of benzene rings is 3. The molecule has 0 aliphatic rings. The van der Waals surface area contributed by atoms with Crippen molar-refractivity contribution in [2.75, 3.05) is 10.0 Å². The molecule has 0 saturated heterocycles. The second kappa shape index (κ2) is 8.92. The predicted molar refractivity (Wildman–Crippen MR) is 134 cm³/mol. The Labute approximate surface area is 197 Å². The first-order valence-electron chi connectivity index (χ1n) is 10.6. The molecule has 168 valence electrons. The number of nitrogens with zero attached hydrogens (tertiary/aromatic N) is 3. The highest BCUT2D eigenvalue weighted by Crippen LogP contribution is 2.27. The van der Waals surface area contributed by atoms with E-state index in [0.717, 1.165) is 27.6 Å². The maximum Gasteiger partial charge on any atom is 0.261 e. The molecule has 3 aromatic carbocycles.